The summed E-state index contributed by atoms with van der Waals surface area (Å²) in [5.74, 6) is 1.38. The van der Waals surface area contributed by atoms with Gasteiger partial charge in [-0.25, -0.2) is 0 Å². The second-order valence-electron chi connectivity index (χ2n) is 6.62. The number of hydrogen-bond donors (Lipinski definition) is 1. The molecule has 1 amide bonds. The third-order valence-corrected chi connectivity index (χ3v) is 4.85. The lowest BCUT2D eigenvalue weighted by atomic mass is 9.92. The highest BCUT2D eigenvalue weighted by molar-refractivity contribution is 5.84. The van der Waals surface area contributed by atoms with Crippen LogP contribution in [0.25, 0.3) is 11.0 Å². The summed E-state index contributed by atoms with van der Waals surface area (Å²) < 4.78 is 5.94. The average molecular weight is 314 g/mol. The molecule has 2 atom stereocenters. The molecule has 4 nitrogen and oxygen atoms in total. The van der Waals surface area contributed by atoms with Crippen molar-refractivity contribution in [3.05, 3.63) is 35.6 Å². The molecule has 1 saturated heterocycles. The molecule has 1 aliphatic heterocycles. The Labute approximate surface area is 137 Å². The van der Waals surface area contributed by atoms with Gasteiger partial charge in [-0.05, 0) is 32.4 Å². The number of hydrogen-bond acceptors (Lipinski definition) is 3. The fourth-order valence-electron chi connectivity index (χ4n) is 3.59. The van der Waals surface area contributed by atoms with Gasteiger partial charge in [-0.15, -0.1) is 0 Å². The van der Waals surface area contributed by atoms with Gasteiger partial charge in [0.1, 0.15) is 11.3 Å². The van der Waals surface area contributed by atoms with Crippen LogP contribution in [0.2, 0.25) is 0 Å². The van der Waals surface area contributed by atoms with Crippen LogP contribution in [0, 0.1) is 5.92 Å². The van der Waals surface area contributed by atoms with Crippen molar-refractivity contribution < 1.29 is 9.21 Å². The number of fused-ring (bicyclic) bond motifs is 1. The van der Waals surface area contributed by atoms with Crippen molar-refractivity contribution in [1.29, 1.82) is 0 Å². The molecule has 0 unspecified atom stereocenters. The van der Waals surface area contributed by atoms with Crippen molar-refractivity contribution in [1.82, 2.24) is 10.2 Å². The van der Waals surface area contributed by atoms with Crippen LogP contribution in [0.5, 0.6) is 0 Å². The first-order chi connectivity index (χ1) is 11.1. The van der Waals surface area contributed by atoms with Crippen LogP contribution in [0.4, 0.5) is 0 Å². The molecule has 1 aliphatic rings. The van der Waals surface area contributed by atoms with Gasteiger partial charge in [0.2, 0.25) is 5.91 Å². The Bertz CT molecular complexity index is 692. The maximum absolute atomic E-state index is 12.8. The quantitative estimate of drug-likeness (QED) is 0.941. The van der Waals surface area contributed by atoms with Crippen molar-refractivity contribution in [3.63, 3.8) is 0 Å². The molecule has 3 rings (SSSR count). The predicted molar refractivity (Wildman–Crippen MR) is 92.3 cm³/mol. The van der Waals surface area contributed by atoms with Crippen molar-refractivity contribution in [2.24, 2.45) is 5.92 Å². The highest BCUT2D eigenvalue weighted by Gasteiger charge is 2.28. The number of furan rings is 1. The second kappa shape index (κ2) is 6.75. The number of carbonyl (C=O) groups excluding carboxylic acids is 1. The Morgan fingerprint density at radius 2 is 2.17 bits per heavy atom. The summed E-state index contributed by atoms with van der Waals surface area (Å²) in [5, 5.41) is 4.54. The summed E-state index contributed by atoms with van der Waals surface area (Å²) in [6.07, 6.45) is 2.70. The summed E-state index contributed by atoms with van der Waals surface area (Å²) in [5.41, 5.74) is 2.07. The van der Waals surface area contributed by atoms with E-state index in [2.05, 4.69) is 25.2 Å². The summed E-state index contributed by atoms with van der Waals surface area (Å²) in [6, 6.07) is 8.51. The zero-order valence-corrected chi connectivity index (χ0v) is 14.3. The molecule has 124 valence electrons. The average Bonchev–Trinajstić information content (AvgIpc) is 2.92. The van der Waals surface area contributed by atoms with E-state index in [9.17, 15) is 4.79 Å². The molecule has 0 spiro atoms. The van der Waals surface area contributed by atoms with Crippen LogP contribution >= 0.6 is 0 Å². The standard InChI is InChI=1S/C19H26N2O2/c1-4-17-16(15-7-5-6-8-18(15)23-17)12-21(3)19(22)14-9-10-20-13(2)11-14/h5-8,13-14,20H,4,9-12H2,1-3H3/t13-,14-/m0/s1. The third kappa shape index (κ3) is 3.27. The normalized spacial score (nSPS) is 21.5. The molecule has 1 aromatic heterocycles. The summed E-state index contributed by atoms with van der Waals surface area (Å²) in [6.45, 7) is 5.80. The minimum absolute atomic E-state index is 0.138. The first-order valence-electron chi connectivity index (χ1n) is 8.57. The van der Waals surface area contributed by atoms with Crippen molar-refractivity contribution in [2.45, 2.75) is 45.7 Å². The van der Waals surface area contributed by atoms with Gasteiger partial charge < -0.3 is 14.6 Å². The fraction of sp³-hybridized carbons (Fsp3) is 0.526. The van der Waals surface area contributed by atoms with E-state index in [1.165, 1.54) is 0 Å². The predicted octanol–water partition coefficient (Wildman–Crippen LogP) is 3.34. The molecule has 1 N–H and O–H groups in total. The van der Waals surface area contributed by atoms with Crippen LogP contribution < -0.4 is 5.32 Å². The third-order valence-electron chi connectivity index (χ3n) is 4.85. The van der Waals surface area contributed by atoms with Gasteiger partial charge in [0.05, 0.1) is 0 Å². The van der Waals surface area contributed by atoms with E-state index in [-0.39, 0.29) is 11.8 Å². The molecule has 2 aromatic rings. The second-order valence-corrected chi connectivity index (χ2v) is 6.62. The zero-order valence-electron chi connectivity index (χ0n) is 14.3. The highest BCUT2D eigenvalue weighted by Crippen LogP contribution is 2.28. The SMILES string of the molecule is CCc1oc2ccccc2c1CN(C)C(=O)[C@H]1CCN[C@@H](C)C1. The largest absolute Gasteiger partial charge is 0.461 e. The Morgan fingerprint density at radius 3 is 2.91 bits per heavy atom. The lowest BCUT2D eigenvalue weighted by Crippen LogP contribution is -2.42. The molecule has 23 heavy (non-hydrogen) atoms. The van der Waals surface area contributed by atoms with Crippen LogP contribution in [0.1, 0.15) is 38.0 Å². The highest BCUT2D eigenvalue weighted by atomic mass is 16.3. The van der Waals surface area contributed by atoms with Gasteiger partial charge in [0.15, 0.2) is 0 Å². The van der Waals surface area contributed by atoms with Crippen molar-refractivity contribution in [2.75, 3.05) is 13.6 Å². The van der Waals surface area contributed by atoms with Gasteiger partial charge in [-0.3, -0.25) is 4.79 Å². The van der Waals surface area contributed by atoms with Crippen LogP contribution in [0.15, 0.2) is 28.7 Å². The van der Waals surface area contributed by atoms with E-state index in [0.29, 0.717) is 12.6 Å². The fourth-order valence-corrected chi connectivity index (χ4v) is 3.59. The molecule has 0 saturated carbocycles. The number of rotatable bonds is 4. The number of nitrogens with zero attached hydrogens (tertiary/aromatic N) is 1. The summed E-state index contributed by atoms with van der Waals surface area (Å²) >= 11 is 0. The van der Waals surface area contributed by atoms with Gasteiger partial charge in [-0.1, -0.05) is 25.1 Å². The Hall–Kier alpha value is -1.81. The zero-order chi connectivity index (χ0) is 16.4. The maximum atomic E-state index is 12.8. The van der Waals surface area contributed by atoms with Gasteiger partial charge in [0.25, 0.3) is 0 Å². The van der Waals surface area contributed by atoms with Crippen LogP contribution in [-0.4, -0.2) is 30.4 Å². The molecule has 1 aromatic carbocycles. The number of amides is 1. The number of nitrogens with one attached hydrogen (secondary N) is 1. The number of aryl methyl sites for hydroxylation is 1. The Balaban J connectivity index is 1.79. The molecule has 4 heteroatoms. The van der Waals surface area contributed by atoms with Gasteiger partial charge >= 0.3 is 0 Å². The summed E-state index contributed by atoms with van der Waals surface area (Å²) in [4.78, 5) is 14.6. The molecule has 0 radical (unpaired) electrons. The van der Waals surface area contributed by atoms with E-state index in [1.807, 2.05) is 30.1 Å². The van der Waals surface area contributed by atoms with Gasteiger partial charge in [0, 0.05) is 42.9 Å². The minimum Gasteiger partial charge on any atom is -0.461 e. The molecule has 2 heterocycles. The van der Waals surface area contributed by atoms with E-state index < -0.39 is 0 Å². The van der Waals surface area contributed by atoms with E-state index in [1.54, 1.807) is 0 Å². The maximum Gasteiger partial charge on any atom is 0.225 e. The topological polar surface area (TPSA) is 45.5 Å². The lowest BCUT2D eigenvalue weighted by Gasteiger charge is -2.30. The molecule has 0 bridgehead atoms. The van der Waals surface area contributed by atoms with Crippen molar-refractivity contribution >= 4 is 16.9 Å². The Kier molecular flexibility index (Phi) is 4.71. The van der Waals surface area contributed by atoms with E-state index in [0.717, 1.165) is 48.1 Å². The minimum atomic E-state index is 0.138. The molecule has 1 fully saturated rings. The van der Waals surface area contributed by atoms with Gasteiger partial charge in [-0.2, -0.15) is 0 Å². The van der Waals surface area contributed by atoms with E-state index in [4.69, 9.17) is 4.42 Å². The van der Waals surface area contributed by atoms with E-state index >= 15 is 0 Å². The number of para-hydroxylation sites is 1. The summed E-state index contributed by atoms with van der Waals surface area (Å²) in [7, 11) is 1.91. The first kappa shape index (κ1) is 16.1. The molecular weight excluding hydrogens is 288 g/mol. The number of piperidine rings is 1. The lowest BCUT2D eigenvalue weighted by molar-refractivity contribution is -0.135. The first-order valence-corrected chi connectivity index (χ1v) is 8.57. The monoisotopic (exact) mass is 314 g/mol. The Morgan fingerprint density at radius 1 is 1.39 bits per heavy atom. The molecule has 0 aliphatic carbocycles. The van der Waals surface area contributed by atoms with Crippen LogP contribution in [0.3, 0.4) is 0 Å². The smallest absolute Gasteiger partial charge is 0.225 e. The van der Waals surface area contributed by atoms with Crippen molar-refractivity contribution in [3.8, 4) is 0 Å². The molecular formula is C19H26N2O2. The number of benzene rings is 1. The number of carbonyl (C=O) groups is 1. The van der Waals surface area contributed by atoms with Crippen LogP contribution in [-0.2, 0) is 17.8 Å².